The van der Waals surface area contributed by atoms with Crippen molar-refractivity contribution in [2.45, 2.75) is 36.0 Å². The smallest absolute Gasteiger partial charge is 0.303 e. The number of carbonyl (C=O) groups is 1. The van der Waals surface area contributed by atoms with Crippen molar-refractivity contribution in [3.63, 3.8) is 0 Å². The van der Waals surface area contributed by atoms with Crippen LogP contribution in [0.5, 0.6) is 0 Å². The molecule has 1 aliphatic rings. The summed E-state index contributed by atoms with van der Waals surface area (Å²) in [5.74, 6) is -0.180. The largest absolute Gasteiger partial charge is 0.481 e. The van der Waals surface area contributed by atoms with Gasteiger partial charge >= 0.3 is 5.97 Å². The Balaban J connectivity index is 2.22. The molecule has 0 bridgehead atoms. The number of carboxylic acid groups (broad SMARTS) is 1. The molecule has 11 heavy (non-hydrogen) atoms. The normalized spacial score (nSPS) is 31.7. The highest BCUT2D eigenvalue weighted by Gasteiger charge is 2.20. The number of halogens is 1. The van der Waals surface area contributed by atoms with Crippen molar-refractivity contribution in [2.75, 3.05) is 0 Å². The van der Waals surface area contributed by atoms with Crippen LogP contribution in [0, 0.1) is 5.92 Å². The van der Waals surface area contributed by atoms with E-state index in [2.05, 4.69) is 22.6 Å². The second-order valence-corrected chi connectivity index (χ2v) is 4.98. The molecule has 0 amide bonds. The highest BCUT2D eigenvalue weighted by molar-refractivity contribution is 14.1. The highest BCUT2D eigenvalue weighted by Crippen LogP contribution is 2.30. The van der Waals surface area contributed by atoms with Gasteiger partial charge in [-0.15, -0.1) is 0 Å². The quantitative estimate of drug-likeness (QED) is 0.617. The molecule has 1 N–H and O–H groups in total. The SMILES string of the molecule is O=C(O)CC1CCC(I)CC1. The molecule has 0 aliphatic heterocycles. The van der Waals surface area contributed by atoms with E-state index in [9.17, 15) is 4.79 Å². The summed E-state index contributed by atoms with van der Waals surface area (Å²) in [4.78, 5) is 10.3. The van der Waals surface area contributed by atoms with Crippen molar-refractivity contribution < 1.29 is 9.90 Å². The Morgan fingerprint density at radius 1 is 1.36 bits per heavy atom. The second-order valence-electron chi connectivity index (χ2n) is 3.22. The summed E-state index contributed by atoms with van der Waals surface area (Å²) in [5.41, 5.74) is 0. The van der Waals surface area contributed by atoms with Crippen molar-refractivity contribution in [3.8, 4) is 0 Å². The lowest BCUT2D eigenvalue weighted by Gasteiger charge is -2.23. The number of rotatable bonds is 2. The molecule has 0 aromatic rings. The van der Waals surface area contributed by atoms with Gasteiger partial charge in [-0.05, 0) is 31.6 Å². The summed E-state index contributed by atoms with van der Waals surface area (Å²) in [6.45, 7) is 0. The zero-order chi connectivity index (χ0) is 8.27. The van der Waals surface area contributed by atoms with Crippen molar-refractivity contribution >= 4 is 28.6 Å². The van der Waals surface area contributed by atoms with Crippen molar-refractivity contribution in [2.24, 2.45) is 5.92 Å². The molecule has 0 heterocycles. The summed E-state index contributed by atoms with van der Waals surface area (Å²) in [6, 6.07) is 0. The zero-order valence-electron chi connectivity index (χ0n) is 6.42. The minimum atomic E-state index is -0.637. The summed E-state index contributed by atoms with van der Waals surface area (Å²) in [5, 5.41) is 8.53. The maximum atomic E-state index is 10.3. The number of hydrogen-bond acceptors (Lipinski definition) is 1. The Bertz CT molecular complexity index is 139. The van der Waals surface area contributed by atoms with Crippen molar-refractivity contribution in [1.29, 1.82) is 0 Å². The molecule has 0 saturated heterocycles. The van der Waals surface area contributed by atoms with E-state index in [1.54, 1.807) is 0 Å². The first-order valence-electron chi connectivity index (χ1n) is 4.04. The van der Waals surface area contributed by atoms with Crippen LogP contribution in [0.4, 0.5) is 0 Å². The van der Waals surface area contributed by atoms with E-state index in [-0.39, 0.29) is 0 Å². The lowest BCUT2D eigenvalue weighted by Crippen LogP contribution is -2.16. The third-order valence-corrected chi connectivity index (χ3v) is 3.49. The second kappa shape index (κ2) is 4.28. The lowest BCUT2D eigenvalue weighted by molar-refractivity contribution is -0.138. The van der Waals surface area contributed by atoms with Gasteiger partial charge in [-0.2, -0.15) is 0 Å². The molecule has 1 fully saturated rings. The third kappa shape index (κ3) is 3.40. The Hall–Kier alpha value is 0.200. The van der Waals surface area contributed by atoms with Crippen LogP contribution in [-0.2, 0) is 4.79 Å². The molecule has 3 heteroatoms. The third-order valence-electron chi connectivity index (χ3n) is 2.24. The van der Waals surface area contributed by atoms with Crippen LogP contribution in [0.15, 0.2) is 0 Å². The van der Waals surface area contributed by atoms with E-state index in [4.69, 9.17) is 5.11 Å². The van der Waals surface area contributed by atoms with Gasteiger partial charge in [-0.1, -0.05) is 22.6 Å². The summed E-state index contributed by atoms with van der Waals surface area (Å²) in [6.07, 6.45) is 5.01. The van der Waals surface area contributed by atoms with Gasteiger partial charge < -0.3 is 5.11 Å². The van der Waals surface area contributed by atoms with E-state index in [1.165, 1.54) is 12.8 Å². The van der Waals surface area contributed by atoms with Crippen LogP contribution in [0.3, 0.4) is 0 Å². The lowest BCUT2D eigenvalue weighted by atomic mass is 9.87. The molecule has 0 aromatic heterocycles. The summed E-state index contributed by atoms with van der Waals surface area (Å²) in [7, 11) is 0. The van der Waals surface area contributed by atoms with Gasteiger partial charge in [-0.3, -0.25) is 4.79 Å². The molecule has 1 aliphatic carbocycles. The molecule has 1 saturated carbocycles. The maximum Gasteiger partial charge on any atom is 0.303 e. The highest BCUT2D eigenvalue weighted by atomic mass is 127. The van der Waals surface area contributed by atoms with Crippen LogP contribution in [0.25, 0.3) is 0 Å². The molecule has 64 valence electrons. The Morgan fingerprint density at radius 2 is 1.91 bits per heavy atom. The van der Waals surface area contributed by atoms with Gasteiger partial charge in [0.25, 0.3) is 0 Å². The number of aliphatic carboxylic acids is 1. The van der Waals surface area contributed by atoms with Gasteiger partial charge in [0.2, 0.25) is 0 Å². The van der Waals surface area contributed by atoms with Crippen molar-refractivity contribution in [1.82, 2.24) is 0 Å². The van der Waals surface area contributed by atoms with Gasteiger partial charge in [0.15, 0.2) is 0 Å². The predicted molar refractivity (Wildman–Crippen MR) is 52.0 cm³/mol. The molecule has 2 nitrogen and oxygen atoms in total. The van der Waals surface area contributed by atoms with Crippen LogP contribution in [0.2, 0.25) is 0 Å². The van der Waals surface area contributed by atoms with Gasteiger partial charge in [0.1, 0.15) is 0 Å². The molecule has 0 atom stereocenters. The zero-order valence-corrected chi connectivity index (χ0v) is 8.58. The first-order valence-corrected chi connectivity index (χ1v) is 5.29. The maximum absolute atomic E-state index is 10.3. The minimum Gasteiger partial charge on any atom is -0.481 e. The van der Waals surface area contributed by atoms with E-state index in [1.807, 2.05) is 0 Å². The van der Waals surface area contributed by atoms with E-state index >= 15 is 0 Å². The molecule has 0 radical (unpaired) electrons. The minimum absolute atomic E-state index is 0.378. The van der Waals surface area contributed by atoms with Crippen LogP contribution >= 0.6 is 22.6 Å². The summed E-state index contributed by atoms with van der Waals surface area (Å²) < 4.78 is 0.789. The topological polar surface area (TPSA) is 37.3 Å². The number of alkyl halides is 1. The van der Waals surface area contributed by atoms with E-state index < -0.39 is 5.97 Å². The van der Waals surface area contributed by atoms with Crippen LogP contribution in [-0.4, -0.2) is 15.0 Å². The van der Waals surface area contributed by atoms with Gasteiger partial charge in [0, 0.05) is 10.3 Å². The first-order chi connectivity index (χ1) is 5.18. The van der Waals surface area contributed by atoms with E-state index in [0.29, 0.717) is 12.3 Å². The molecule has 1 rings (SSSR count). The first kappa shape index (κ1) is 9.29. The van der Waals surface area contributed by atoms with E-state index in [0.717, 1.165) is 16.8 Å². The molecule has 0 aromatic carbocycles. The molecular formula is C8H13IO2. The molecular weight excluding hydrogens is 255 g/mol. The van der Waals surface area contributed by atoms with Crippen LogP contribution < -0.4 is 0 Å². The fourth-order valence-electron chi connectivity index (χ4n) is 1.57. The predicted octanol–water partition coefficient (Wildman–Crippen LogP) is 2.45. The number of carboxylic acids is 1. The standard InChI is InChI=1S/C8H13IO2/c9-7-3-1-6(2-4-7)5-8(10)11/h6-7H,1-5H2,(H,10,11). The average molecular weight is 268 g/mol. The number of hydrogen-bond donors (Lipinski definition) is 1. The van der Waals surface area contributed by atoms with Gasteiger partial charge in [-0.25, -0.2) is 0 Å². The molecule has 0 spiro atoms. The Labute approximate surface area is 80.5 Å². The summed E-state index contributed by atoms with van der Waals surface area (Å²) >= 11 is 2.45. The molecule has 0 unspecified atom stereocenters. The monoisotopic (exact) mass is 268 g/mol. The van der Waals surface area contributed by atoms with Crippen LogP contribution in [0.1, 0.15) is 32.1 Å². The Kier molecular flexibility index (Phi) is 3.62. The van der Waals surface area contributed by atoms with Crippen molar-refractivity contribution in [3.05, 3.63) is 0 Å². The fraction of sp³-hybridized carbons (Fsp3) is 0.875. The van der Waals surface area contributed by atoms with Gasteiger partial charge in [0.05, 0.1) is 0 Å². The Morgan fingerprint density at radius 3 is 2.36 bits per heavy atom. The average Bonchev–Trinajstić information content (AvgIpc) is 1.93. The fourth-order valence-corrected chi connectivity index (χ4v) is 2.29.